The van der Waals surface area contributed by atoms with Crippen LogP contribution in [-0.2, 0) is 0 Å². The van der Waals surface area contributed by atoms with Crippen molar-refractivity contribution < 1.29 is 4.74 Å². The zero-order chi connectivity index (χ0) is 17.8. The first-order chi connectivity index (χ1) is 12.0. The molecule has 1 heterocycles. The first kappa shape index (κ1) is 17.3. The molecule has 7 heteroatoms. The van der Waals surface area contributed by atoms with Gasteiger partial charge in [-0.25, -0.2) is 9.97 Å². The topological polar surface area (TPSA) is 73.1 Å². The number of aromatic nitrogens is 2. The molecule has 0 bridgehead atoms. The van der Waals surface area contributed by atoms with Crippen LogP contribution >= 0.6 is 23.2 Å². The third-order valence-electron chi connectivity index (χ3n) is 3.30. The molecule has 0 unspecified atom stereocenters. The molecule has 2 aromatic carbocycles. The Morgan fingerprint density at radius 3 is 2.32 bits per heavy atom. The Kier molecular flexibility index (Phi) is 5.26. The van der Waals surface area contributed by atoms with Crippen molar-refractivity contribution >= 4 is 40.5 Å². The Morgan fingerprint density at radius 2 is 1.68 bits per heavy atom. The van der Waals surface area contributed by atoms with E-state index in [0.717, 1.165) is 11.3 Å². The maximum absolute atomic E-state index is 6.02. The van der Waals surface area contributed by atoms with Gasteiger partial charge in [0.15, 0.2) is 5.82 Å². The van der Waals surface area contributed by atoms with Crippen molar-refractivity contribution in [2.45, 2.75) is 6.92 Å². The number of nitrogens with two attached hydrogens (primary N) is 1. The summed E-state index contributed by atoms with van der Waals surface area (Å²) >= 11 is 12.0. The van der Waals surface area contributed by atoms with Crippen LogP contribution in [0.3, 0.4) is 0 Å². The average molecular weight is 375 g/mol. The predicted molar refractivity (Wildman–Crippen MR) is 103 cm³/mol. The smallest absolute Gasteiger partial charge is 0.163 e. The van der Waals surface area contributed by atoms with E-state index in [1.54, 1.807) is 24.3 Å². The van der Waals surface area contributed by atoms with E-state index in [1.807, 2.05) is 31.2 Å². The molecule has 0 radical (unpaired) electrons. The maximum atomic E-state index is 6.02. The lowest BCUT2D eigenvalue weighted by atomic mass is 10.2. The number of nitrogens with zero attached hydrogens (tertiary/aromatic N) is 2. The summed E-state index contributed by atoms with van der Waals surface area (Å²) in [6, 6.07) is 14.3. The van der Waals surface area contributed by atoms with E-state index in [9.17, 15) is 0 Å². The Hall–Kier alpha value is -2.50. The van der Waals surface area contributed by atoms with Crippen LogP contribution in [-0.4, -0.2) is 16.6 Å². The molecule has 0 fully saturated rings. The van der Waals surface area contributed by atoms with Gasteiger partial charge in [0.2, 0.25) is 0 Å². The van der Waals surface area contributed by atoms with Crippen LogP contribution in [0.5, 0.6) is 5.75 Å². The Morgan fingerprint density at radius 1 is 1.00 bits per heavy atom. The molecule has 25 heavy (non-hydrogen) atoms. The number of halogens is 2. The summed E-state index contributed by atoms with van der Waals surface area (Å²) < 4.78 is 5.44. The third kappa shape index (κ3) is 4.53. The van der Waals surface area contributed by atoms with E-state index < -0.39 is 0 Å². The lowest BCUT2D eigenvalue weighted by molar-refractivity contribution is 0.340. The minimum Gasteiger partial charge on any atom is -0.494 e. The van der Waals surface area contributed by atoms with Crippen molar-refractivity contribution in [3.8, 4) is 17.1 Å². The lowest BCUT2D eigenvalue weighted by Gasteiger charge is -2.10. The van der Waals surface area contributed by atoms with Crippen LogP contribution in [0.2, 0.25) is 10.0 Å². The molecule has 3 N–H and O–H groups in total. The Bertz CT molecular complexity index is 864. The van der Waals surface area contributed by atoms with Crippen molar-refractivity contribution in [3.63, 3.8) is 0 Å². The first-order valence-corrected chi connectivity index (χ1v) is 8.40. The van der Waals surface area contributed by atoms with Crippen LogP contribution < -0.4 is 15.8 Å². The summed E-state index contributed by atoms with van der Waals surface area (Å²) in [4.78, 5) is 8.80. The molecule has 1 aromatic heterocycles. The second-order valence-electron chi connectivity index (χ2n) is 5.24. The summed E-state index contributed by atoms with van der Waals surface area (Å²) in [5.41, 5.74) is 7.47. The van der Waals surface area contributed by atoms with Gasteiger partial charge in [0.1, 0.15) is 17.4 Å². The molecule has 0 saturated carbocycles. The van der Waals surface area contributed by atoms with Gasteiger partial charge >= 0.3 is 0 Å². The van der Waals surface area contributed by atoms with Crippen molar-refractivity contribution in [1.29, 1.82) is 0 Å². The van der Waals surface area contributed by atoms with Gasteiger partial charge in [-0.15, -0.1) is 0 Å². The van der Waals surface area contributed by atoms with Crippen LogP contribution in [0, 0.1) is 0 Å². The second-order valence-corrected chi connectivity index (χ2v) is 6.12. The van der Waals surface area contributed by atoms with Gasteiger partial charge in [-0.3, -0.25) is 0 Å². The van der Waals surface area contributed by atoms with Crippen molar-refractivity contribution in [1.82, 2.24) is 9.97 Å². The van der Waals surface area contributed by atoms with Crippen LogP contribution in [0.1, 0.15) is 6.92 Å². The van der Waals surface area contributed by atoms with Crippen molar-refractivity contribution in [3.05, 3.63) is 58.6 Å². The normalized spacial score (nSPS) is 10.5. The number of nitrogen functional groups attached to an aromatic ring is 1. The standard InChI is InChI=1S/C18H16Cl2N4O/c1-2-25-15-5-3-11(4-6-15)18-23-16(21)10-17(24-18)22-14-8-12(19)7-13(20)9-14/h3-10H,2H2,1H3,(H3,21,22,23,24). The Labute approximate surface area is 155 Å². The van der Waals surface area contributed by atoms with Crippen molar-refractivity contribution in [2.24, 2.45) is 0 Å². The van der Waals surface area contributed by atoms with E-state index in [1.165, 1.54) is 0 Å². The number of hydrogen-bond donors (Lipinski definition) is 2. The van der Waals surface area contributed by atoms with Crippen LogP contribution in [0.4, 0.5) is 17.3 Å². The zero-order valence-corrected chi connectivity index (χ0v) is 15.0. The summed E-state index contributed by atoms with van der Waals surface area (Å²) in [6.45, 7) is 2.55. The number of benzene rings is 2. The largest absolute Gasteiger partial charge is 0.494 e. The molecular weight excluding hydrogens is 359 g/mol. The molecule has 0 atom stereocenters. The highest BCUT2D eigenvalue weighted by molar-refractivity contribution is 6.35. The average Bonchev–Trinajstić information content (AvgIpc) is 2.54. The van der Waals surface area contributed by atoms with Gasteiger partial charge in [0.25, 0.3) is 0 Å². The van der Waals surface area contributed by atoms with Gasteiger partial charge < -0.3 is 15.8 Å². The summed E-state index contributed by atoms with van der Waals surface area (Å²) in [5.74, 6) is 2.21. The molecule has 0 aliphatic heterocycles. The maximum Gasteiger partial charge on any atom is 0.163 e. The fraction of sp³-hybridized carbons (Fsp3) is 0.111. The van der Waals surface area contributed by atoms with E-state index in [2.05, 4.69) is 15.3 Å². The van der Waals surface area contributed by atoms with E-state index in [4.69, 9.17) is 33.7 Å². The molecule has 5 nitrogen and oxygen atoms in total. The van der Waals surface area contributed by atoms with Gasteiger partial charge in [-0.05, 0) is 49.4 Å². The molecule has 0 saturated heterocycles. The summed E-state index contributed by atoms with van der Waals surface area (Å²) in [7, 11) is 0. The van der Waals surface area contributed by atoms with Gasteiger partial charge in [0, 0.05) is 27.4 Å². The minimum atomic E-state index is 0.356. The molecule has 0 spiro atoms. The molecule has 0 aliphatic rings. The fourth-order valence-electron chi connectivity index (χ4n) is 2.30. The number of ether oxygens (including phenoxy) is 1. The number of anilines is 3. The molecule has 3 rings (SSSR count). The zero-order valence-electron chi connectivity index (χ0n) is 13.5. The van der Waals surface area contributed by atoms with Gasteiger partial charge in [0.05, 0.1) is 6.61 Å². The molecule has 0 amide bonds. The number of hydrogen-bond acceptors (Lipinski definition) is 5. The lowest BCUT2D eigenvalue weighted by Crippen LogP contribution is -2.01. The van der Waals surface area contributed by atoms with E-state index >= 15 is 0 Å². The van der Waals surface area contributed by atoms with Crippen LogP contribution in [0.15, 0.2) is 48.5 Å². The van der Waals surface area contributed by atoms with Crippen LogP contribution in [0.25, 0.3) is 11.4 Å². The molecular formula is C18H16Cl2N4O. The SMILES string of the molecule is CCOc1ccc(-c2nc(N)cc(Nc3cc(Cl)cc(Cl)c3)n2)cc1. The summed E-state index contributed by atoms with van der Waals surface area (Å²) in [5, 5.41) is 4.21. The monoisotopic (exact) mass is 374 g/mol. The number of rotatable bonds is 5. The van der Waals surface area contributed by atoms with Gasteiger partial charge in [-0.1, -0.05) is 23.2 Å². The first-order valence-electron chi connectivity index (χ1n) is 7.64. The molecule has 3 aromatic rings. The third-order valence-corrected chi connectivity index (χ3v) is 3.74. The van der Waals surface area contributed by atoms with E-state index in [-0.39, 0.29) is 0 Å². The Balaban J connectivity index is 1.89. The number of nitrogens with one attached hydrogen (secondary N) is 1. The van der Waals surface area contributed by atoms with E-state index in [0.29, 0.717) is 39.8 Å². The fourth-order valence-corrected chi connectivity index (χ4v) is 2.83. The predicted octanol–water partition coefficient (Wildman–Crippen LogP) is 5.17. The highest BCUT2D eigenvalue weighted by Gasteiger charge is 2.07. The van der Waals surface area contributed by atoms with Gasteiger partial charge in [-0.2, -0.15) is 0 Å². The van der Waals surface area contributed by atoms with Crippen molar-refractivity contribution in [2.75, 3.05) is 17.7 Å². The summed E-state index contributed by atoms with van der Waals surface area (Å²) in [6.07, 6.45) is 0. The molecule has 0 aliphatic carbocycles. The minimum absolute atomic E-state index is 0.356. The highest BCUT2D eigenvalue weighted by Crippen LogP contribution is 2.27. The molecule has 128 valence electrons. The second kappa shape index (κ2) is 7.59. The highest BCUT2D eigenvalue weighted by atomic mass is 35.5. The quantitative estimate of drug-likeness (QED) is 0.643.